The minimum atomic E-state index is 0.809. The normalized spacial score (nSPS) is 17.1. The van der Waals surface area contributed by atoms with E-state index in [2.05, 4.69) is 21.9 Å². The number of nitrogens with zero attached hydrogens (tertiary/aromatic N) is 2. The third-order valence-electron chi connectivity index (χ3n) is 3.36. The van der Waals surface area contributed by atoms with Crippen molar-refractivity contribution < 1.29 is 4.74 Å². The first kappa shape index (κ1) is 13.2. The Morgan fingerprint density at radius 2 is 2.00 bits per heavy atom. The molecule has 1 saturated heterocycles. The maximum Gasteiger partial charge on any atom is 0.0593 e. The summed E-state index contributed by atoms with van der Waals surface area (Å²) >= 11 is 0. The van der Waals surface area contributed by atoms with E-state index in [-0.39, 0.29) is 0 Å². The molecule has 1 heterocycles. The molecule has 0 spiro atoms. The van der Waals surface area contributed by atoms with Crippen LogP contribution in [0.5, 0.6) is 0 Å². The summed E-state index contributed by atoms with van der Waals surface area (Å²) < 4.78 is 5.39. The summed E-state index contributed by atoms with van der Waals surface area (Å²) in [5, 5.41) is 0. The highest BCUT2D eigenvalue weighted by Crippen LogP contribution is 2.18. The smallest absolute Gasteiger partial charge is 0.0593 e. The number of piperazine rings is 1. The highest BCUT2D eigenvalue weighted by molar-refractivity contribution is 5.56. The zero-order chi connectivity index (χ0) is 12.8. The van der Waals surface area contributed by atoms with Crippen molar-refractivity contribution in [3.8, 4) is 0 Å². The lowest BCUT2D eigenvalue weighted by molar-refractivity contribution is 0.111. The van der Waals surface area contributed by atoms with Gasteiger partial charge in [0.05, 0.1) is 6.61 Å². The molecule has 2 N–H and O–H groups in total. The number of nitrogen functional groups attached to an aromatic ring is 1. The van der Waals surface area contributed by atoms with Gasteiger partial charge in [0.2, 0.25) is 0 Å². The van der Waals surface area contributed by atoms with Crippen LogP contribution in [-0.2, 0) is 4.74 Å². The summed E-state index contributed by atoms with van der Waals surface area (Å²) in [5.41, 5.74) is 7.89. The van der Waals surface area contributed by atoms with Crippen LogP contribution in [0.1, 0.15) is 6.92 Å². The summed E-state index contributed by atoms with van der Waals surface area (Å²) in [6, 6.07) is 8.13. The molecule has 0 bridgehead atoms. The maximum absolute atomic E-state index is 5.82. The second-order valence-electron chi connectivity index (χ2n) is 4.62. The number of ether oxygens (including phenoxy) is 1. The number of benzene rings is 1. The van der Waals surface area contributed by atoms with Crippen molar-refractivity contribution in [1.29, 1.82) is 0 Å². The van der Waals surface area contributed by atoms with Gasteiger partial charge in [0, 0.05) is 50.7 Å². The SMILES string of the molecule is CCOCCN1CCN(c2cccc(N)c2)CC1. The Balaban J connectivity index is 1.79. The Kier molecular flexibility index (Phi) is 4.84. The van der Waals surface area contributed by atoms with Crippen LogP contribution in [0.4, 0.5) is 11.4 Å². The molecule has 0 aliphatic carbocycles. The fraction of sp³-hybridized carbons (Fsp3) is 0.571. The van der Waals surface area contributed by atoms with E-state index in [1.165, 1.54) is 5.69 Å². The largest absolute Gasteiger partial charge is 0.399 e. The van der Waals surface area contributed by atoms with E-state index in [1.807, 2.05) is 19.1 Å². The molecule has 100 valence electrons. The molecule has 1 aromatic rings. The van der Waals surface area contributed by atoms with Crippen LogP contribution in [-0.4, -0.2) is 50.8 Å². The molecule has 0 aromatic heterocycles. The van der Waals surface area contributed by atoms with E-state index in [0.29, 0.717) is 0 Å². The molecule has 0 atom stereocenters. The second kappa shape index (κ2) is 6.61. The van der Waals surface area contributed by atoms with Crippen LogP contribution in [0.2, 0.25) is 0 Å². The zero-order valence-electron chi connectivity index (χ0n) is 11.1. The average Bonchev–Trinajstić information content (AvgIpc) is 2.40. The molecule has 1 aliphatic heterocycles. The summed E-state index contributed by atoms with van der Waals surface area (Å²) in [4.78, 5) is 4.85. The Morgan fingerprint density at radius 1 is 1.22 bits per heavy atom. The number of hydrogen-bond acceptors (Lipinski definition) is 4. The molecule has 1 aliphatic rings. The van der Waals surface area contributed by atoms with Crippen molar-refractivity contribution in [3.05, 3.63) is 24.3 Å². The molecule has 2 rings (SSSR count). The van der Waals surface area contributed by atoms with E-state index in [1.54, 1.807) is 0 Å². The monoisotopic (exact) mass is 249 g/mol. The molecule has 1 aromatic carbocycles. The van der Waals surface area contributed by atoms with Crippen molar-refractivity contribution in [2.45, 2.75) is 6.92 Å². The van der Waals surface area contributed by atoms with Crippen molar-refractivity contribution in [1.82, 2.24) is 4.90 Å². The quantitative estimate of drug-likeness (QED) is 0.633. The highest BCUT2D eigenvalue weighted by Gasteiger charge is 2.16. The lowest BCUT2D eigenvalue weighted by Crippen LogP contribution is -2.47. The van der Waals surface area contributed by atoms with Gasteiger partial charge >= 0.3 is 0 Å². The molecule has 0 radical (unpaired) electrons. The average molecular weight is 249 g/mol. The predicted octanol–water partition coefficient (Wildman–Crippen LogP) is 1.43. The van der Waals surface area contributed by atoms with E-state index in [4.69, 9.17) is 10.5 Å². The van der Waals surface area contributed by atoms with E-state index >= 15 is 0 Å². The second-order valence-corrected chi connectivity index (χ2v) is 4.62. The Morgan fingerprint density at radius 3 is 2.67 bits per heavy atom. The third-order valence-corrected chi connectivity index (χ3v) is 3.36. The van der Waals surface area contributed by atoms with Crippen molar-refractivity contribution in [2.24, 2.45) is 0 Å². The third kappa shape index (κ3) is 3.62. The van der Waals surface area contributed by atoms with Crippen LogP contribution in [0, 0.1) is 0 Å². The fourth-order valence-corrected chi connectivity index (χ4v) is 2.29. The standard InChI is InChI=1S/C14H23N3O/c1-2-18-11-10-16-6-8-17(9-7-16)14-5-3-4-13(15)12-14/h3-5,12H,2,6-11,15H2,1H3. The first-order valence-electron chi connectivity index (χ1n) is 6.70. The van der Waals surface area contributed by atoms with Gasteiger partial charge in [-0.3, -0.25) is 4.90 Å². The highest BCUT2D eigenvalue weighted by atomic mass is 16.5. The van der Waals surface area contributed by atoms with Gasteiger partial charge in [0.25, 0.3) is 0 Å². The molecular weight excluding hydrogens is 226 g/mol. The van der Waals surface area contributed by atoms with Gasteiger partial charge in [-0.1, -0.05) is 6.07 Å². The molecule has 0 amide bonds. The summed E-state index contributed by atoms with van der Waals surface area (Å²) in [6.07, 6.45) is 0. The predicted molar refractivity (Wildman–Crippen MR) is 76.0 cm³/mol. The van der Waals surface area contributed by atoms with Gasteiger partial charge in [0.1, 0.15) is 0 Å². The lowest BCUT2D eigenvalue weighted by Gasteiger charge is -2.36. The molecular formula is C14H23N3O. The fourth-order valence-electron chi connectivity index (χ4n) is 2.29. The Labute approximate surface area is 109 Å². The molecule has 0 unspecified atom stereocenters. The van der Waals surface area contributed by atoms with Crippen LogP contribution >= 0.6 is 0 Å². The number of anilines is 2. The first-order valence-corrected chi connectivity index (χ1v) is 6.70. The molecule has 4 heteroatoms. The van der Waals surface area contributed by atoms with Gasteiger partial charge < -0.3 is 15.4 Å². The molecule has 4 nitrogen and oxygen atoms in total. The number of nitrogens with two attached hydrogens (primary N) is 1. The van der Waals surface area contributed by atoms with Crippen molar-refractivity contribution in [2.75, 3.05) is 56.6 Å². The Bertz CT molecular complexity index is 362. The molecule has 18 heavy (non-hydrogen) atoms. The first-order chi connectivity index (χ1) is 8.79. The van der Waals surface area contributed by atoms with Crippen LogP contribution in [0.15, 0.2) is 24.3 Å². The van der Waals surface area contributed by atoms with Crippen molar-refractivity contribution >= 4 is 11.4 Å². The number of hydrogen-bond donors (Lipinski definition) is 1. The zero-order valence-corrected chi connectivity index (χ0v) is 11.1. The minimum absolute atomic E-state index is 0.809. The van der Waals surface area contributed by atoms with Gasteiger partial charge in [-0.2, -0.15) is 0 Å². The van der Waals surface area contributed by atoms with E-state index in [0.717, 1.165) is 51.6 Å². The summed E-state index contributed by atoms with van der Waals surface area (Å²) in [5.74, 6) is 0. The van der Waals surface area contributed by atoms with Crippen molar-refractivity contribution in [3.63, 3.8) is 0 Å². The van der Waals surface area contributed by atoms with Crippen LogP contribution < -0.4 is 10.6 Å². The summed E-state index contributed by atoms with van der Waals surface area (Å²) in [6.45, 7) is 9.06. The van der Waals surface area contributed by atoms with Gasteiger partial charge in [0.15, 0.2) is 0 Å². The van der Waals surface area contributed by atoms with Crippen LogP contribution in [0.25, 0.3) is 0 Å². The molecule has 1 fully saturated rings. The summed E-state index contributed by atoms with van der Waals surface area (Å²) in [7, 11) is 0. The maximum atomic E-state index is 5.82. The van der Waals surface area contributed by atoms with E-state index < -0.39 is 0 Å². The van der Waals surface area contributed by atoms with Gasteiger partial charge in [-0.05, 0) is 25.1 Å². The van der Waals surface area contributed by atoms with Gasteiger partial charge in [-0.15, -0.1) is 0 Å². The molecule has 0 saturated carbocycles. The minimum Gasteiger partial charge on any atom is -0.399 e. The van der Waals surface area contributed by atoms with E-state index in [9.17, 15) is 0 Å². The Hall–Kier alpha value is -1.26. The topological polar surface area (TPSA) is 41.7 Å². The van der Waals surface area contributed by atoms with Gasteiger partial charge in [-0.25, -0.2) is 0 Å². The lowest BCUT2D eigenvalue weighted by atomic mass is 10.2. The number of rotatable bonds is 5. The van der Waals surface area contributed by atoms with Crippen LogP contribution in [0.3, 0.4) is 0 Å².